The lowest BCUT2D eigenvalue weighted by atomic mass is 9.98. The number of amides is 1. The summed E-state index contributed by atoms with van der Waals surface area (Å²) in [7, 11) is 0. The summed E-state index contributed by atoms with van der Waals surface area (Å²) in [6.07, 6.45) is -0.572. The zero-order valence-corrected chi connectivity index (χ0v) is 18.2. The summed E-state index contributed by atoms with van der Waals surface area (Å²) >= 11 is 0. The van der Waals surface area contributed by atoms with Crippen LogP contribution < -0.4 is 5.32 Å². The Kier molecular flexibility index (Phi) is 5.34. The van der Waals surface area contributed by atoms with Crippen molar-refractivity contribution in [3.05, 3.63) is 95.2 Å². The SMILES string of the molecule is Cc1[nH]c2ccccc2c1C[C@H](NC(=O)OCC1c2ccccc2-c2ccccc21)C(=O)O. The van der Waals surface area contributed by atoms with Gasteiger partial charge in [0.05, 0.1) is 0 Å². The normalized spacial score (nSPS) is 13.4. The number of ether oxygens (including phenoxy) is 1. The third kappa shape index (κ3) is 3.84. The number of nitrogens with one attached hydrogen (secondary N) is 2. The fourth-order valence-corrected chi connectivity index (χ4v) is 4.78. The number of alkyl carbamates (subject to hydrolysis) is 1. The van der Waals surface area contributed by atoms with Gasteiger partial charge in [0.15, 0.2) is 0 Å². The van der Waals surface area contributed by atoms with Crippen molar-refractivity contribution in [2.24, 2.45) is 0 Å². The van der Waals surface area contributed by atoms with Crippen LogP contribution in [0.5, 0.6) is 0 Å². The number of carboxylic acids is 1. The Hall–Kier alpha value is -4.06. The van der Waals surface area contributed by atoms with Crippen molar-refractivity contribution in [1.82, 2.24) is 10.3 Å². The van der Waals surface area contributed by atoms with E-state index in [1.165, 1.54) is 0 Å². The molecule has 3 aromatic carbocycles. The molecule has 0 saturated heterocycles. The minimum atomic E-state index is -1.10. The number of fused-ring (bicyclic) bond motifs is 4. The number of aliphatic carboxylic acids is 1. The number of H-pyrrole nitrogens is 1. The standard InChI is InChI=1S/C27H24N2O4/c1-16-22(21-12-6-7-13-24(21)28-16)14-25(26(30)31)29-27(32)33-15-23-19-10-4-2-8-17(19)18-9-3-5-11-20(18)23/h2-13,23,25,28H,14-15H2,1H3,(H,29,32)(H,30,31)/t25-/m0/s1. The lowest BCUT2D eigenvalue weighted by Gasteiger charge is -2.17. The molecule has 6 heteroatoms. The third-order valence-corrected chi connectivity index (χ3v) is 6.37. The summed E-state index contributed by atoms with van der Waals surface area (Å²) < 4.78 is 5.54. The summed E-state index contributed by atoms with van der Waals surface area (Å²) in [5, 5.41) is 13.2. The van der Waals surface area contributed by atoms with E-state index in [4.69, 9.17) is 4.74 Å². The van der Waals surface area contributed by atoms with E-state index in [1.54, 1.807) is 0 Å². The zero-order chi connectivity index (χ0) is 22.9. The van der Waals surface area contributed by atoms with Gasteiger partial charge in [0.25, 0.3) is 0 Å². The van der Waals surface area contributed by atoms with Gasteiger partial charge in [-0.1, -0.05) is 66.7 Å². The maximum absolute atomic E-state index is 12.6. The van der Waals surface area contributed by atoms with E-state index in [2.05, 4.69) is 22.4 Å². The first-order chi connectivity index (χ1) is 16.0. The van der Waals surface area contributed by atoms with Gasteiger partial charge in [0.2, 0.25) is 0 Å². The number of carboxylic acid groups (broad SMARTS) is 1. The maximum Gasteiger partial charge on any atom is 0.407 e. The molecule has 0 saturated carbocycles. The van der Waals surface area contributed by atoms with Gasteiger partial charge in [0, 0.05) is 28.9 Å². The van der Waals surface area contributed by atoms with Crippen molar-refractivity contribution in [2.45, 2.75) is 25.3 Å². The average molecular weight is 440 g/mol. The van der Waals surface area contributed by atoms with Crippen molar-refractivity contribution in [3.8, 4) is 11.1 Å². The smallest absolute Gasteiger partial charge is 0.407 e. The van der Waals surface area contributed by atoms with Crippen LogP contribution in [-0.2, 0) is 16.0 Å². The van der Waals surface area contributed by atoms with Crippen LogP contribution in [-0.4, -0.2) is 34.8 Å². The summed E-state index contributed by atoms with van der Waals surface area (Å²) in [6, 6.07) is 22.8. The second-order valence-corrected chi connectivity index (χ2v) is 8.34. The number of aromatic amines is 1. The molecule has 166 valence electrons. The van der Waals surface area contributed by atoms with Gasteiger partial charge < -0.3 is 20.1 Å². The number of para-hydroxylation sites is 1. The Morgan fingerprint density at radius 2 is 1.58 bits per heavy atom. The minimum Gasteiger partial charge on any atom is -0.480 e. The predicted molar refractivity (Wildman–Crippen MR) is 126 cm³/mol. The molecule has 1 heterocycles. The molecule has 1 atom stereocenters. The molecule has 1 amide bonds. The molecule has 6 nitrogen and oxygen atoms in total. The van der Waals surface area contributed by atoms with E-state index in [1.807, 2.05) is 67.6 Å². The monoisotopic (exact) mass is 440 g/mol. The van der Waals surface area contributed by atoms with Crippen LogP contribution in [0, 0.1) is 6.92 Å². The summed E-state index contributed by atoms with van der Waals surface area (Å²) in [4.78, 5) is 27.8. The molecule has 0 spiro atoms. The van der Waals surface area contributed by atoms with Crippen molar-refractivity contribution in [1.29, 1.82) is 0 Å². The van der Waals surface area contributed by atoms with Crippen LogP contribution in [0.3, 0.4) is 0 Å². The average Bonchev–Trinajstić information content (AvgIpc) is 3.31. The molecule has 0 radical (unpaired) electrons. The Balaban J connectivity index is 1.30. The zero-order valence-electron chi connectivity index (χ0n) is 18.2. The lowest BCUT2D eigenvalue weighted by molar-refractivity contribution is -0.139. The summed E-state index contributed by atoms with van der Waals surface area (Å²) in [5.41, 5.74) is 7.19. The van der Waals surface area contributed by atoms with E-state index in [9.17, 15) is 14.7 Å². The first kappa shape index (κ1) is 20.8. The van der Waals surface area contributed by atoms with Gasteiger partial charge in [-0.15, -0.1) is 0 Å². The molecule has 4 aromatic rings. The molecule has 0 fully saturated rings. The van der Waals surface area contributed by atoms with Crippen LogP contribution >= 0.6 is 0 Å². The first-order valence-corrected chi connectivity index (χ1v) is 10.9. The van der Waals surface area contributed by atoms with E-state index >= 15 is 0 Å². The topological polar surface area (TPSA) is 91.4 Å². The van der Waals surface area contributed by atoms with E-state index in [-0.39, 0.29) is 18.9 Å². The molecular weight excluding hydrogens is 416 g/mol. The van der Waals surface area contributed by atoms with E-state index in [0.717, 1.165) is 44.4 Å². The molecule has 1 aromatic heterocycles. The molecule has 1 aliphatic carbocycles. The number of hydrogen-bond donors (Lipinski definition) is 3. The highest BCUT2D eigenvalue weighted by Gasteiger charge is 2.30. The van der Waals surface area contributed by atoms with E-state index in [0.29, 0.717) is 0 Å². The van der Waals surface area contributed by atoms with Crippen LogP contribution in [0.2, 0.25) is 0 Å². The first-order valence-electron chi connectivity index (χ1n) is 10.9. The summed E-state index contributed by atoms with van der Waals surface area (Å²) in [6.45, 7) is 2.04. The van der Waals surface area contributed by atoms with Gasteiger partial charge in [-0.3, -0.25) is 0 Å². The van der Waals surface area contributed by atoms with Crippen molar-refractivity contribution in [2.75, 3.05) is 6.61 Å². The Labute approximate surface area is 191 Å². The second kappa shape index (κ2) is 8.47. The lowest BCUT2D eigenvalue weighted by Crippen LogP contribution is -2.43. The Bertz CT molecular complexity index is 1310. The molecule has 0 bridgehead atoms. The number of hydrogen-bond acceptors (Lipinski definition) is 3. The fourth-order valence-electron chi connectivity index (χ4n) is 4.78. The highest BCUT2D eigenvalue weighted by atomic mass is 16.5. The molecule has 1 aliphatic rings. The second-order valence-electron chi connectivity index (χ2n) is 8.34. The van der Waals surface area contributed by atoms with Gasteiger partial charge in [-0.2, -0.15) is 0 Å². The van der Waals surface area contributed by atoms with Crippen LogP contribution in [0.15, 0.2) is 72.8 Å². The number of benzene rings is 3. The van der Waals surface area contributed by atoms with Crippen molar-refractivity contribution < 1.29 is 19.4 Å². The number of aromatic nitrogens is 1. The van der Waals surface area contributed by atoms with Crippen molar-refractivity contribution in [3.63, 3.8) is 0 Å². The molecule has 3 N–H and O–H groups in total. The third-order valence-electron chi connectivity index (χ3n) is 6.37. The molecule has 0 unspecified atom stereocenters. The largest absolute Gasteiger partial charge is 0.480 e. The number of carbonyl (C=O) groups excluding carboxylic acids is 1. The highest BCUT2D eigenvalue weighted by molar-refractivity contribution is 5.87. The fraction of sp³-hybridized carbons (Fsp3) is 0.185. The van der Waals surface area contributed by atoms with Gasteiger partial charge in [-0.05, 0) is 40.8 Å². The van der Waals surface area contributed by atoms with Crippen LogP contribution in [0.1, 0.15) is 28.3 Å². The quantitative estimate of drug-likeness (QED) is 0.393. The van der Waals surface area contributed by atoms with Gasteiger partial charge >= 0.3 is 12.1 Å². The Morgan fingerprint density at radius 3 is 2.24 bits per heavy atom. The molecular formula is C27H24N2O4. The van der Waals surface area contributed by atoms with E-state index < -0.39 is 18.1 Å². The van der Waals surface area contributed by atoms with Gasteiger partial charge in [-0.25, -0.2) is 9.59 Å². The predicted octanol–water partition coefficient (Wildman–Crippen LogP) is 5.01. The maximum atomic E-state index is 12.6. The number of carbonyl (C=O) groups is 2. The van der Waals surface area contributed by atoms with Crippen LogP contribution in [0.25, 0.3) is 22.0 Å². The Morgan fingerprint density at radius 1 is 0.970 bits per heavy atom. The number of rotatable bonds is 6. The number of aryl methyl sites for hydroxylation is 1. The van der Waals surface area contributed by atoms with Crippen LogP contribution in [0.4, 0.5) is 4.79 Å². The molecule has 33 heavy (non-hydrogen) atoms. The van der Waals surface area contributed by atoms with Gasteiger partial charge in [0.1, 0.15) is 12.6 Å². The van der Waals surface area contributed by atoms with Crippen molar-refractivity contribution >= 4 is 23.0 Å². The minimum absolute atomic E-state index is 0.0812. The molecule has 0 aliphatic heterocycles. The highest BCUT2D eigenvalue weighted by Crippen LogP contribution is 2.44. The summed E-state index contributed by atoms with van der Waals surface area (Å²) in [5.74, 6) is -1.18. The molecule has 5 rings (SSSR count).